The Morgan fingerprint density at radius 3 is 2.46 bits per heavy atom. The monoisotopic (exact) mass is 210 g/mol. The van der Waals surface area contributed by atoms with E-state index in [-0.39, 0.29) is 12.3 Å². The molecule has 0 rings (SSSR count). The highest BCUT2D eigenvalue weighted by atomic mass is 32.2. The molecule has 0 amide bonds. The van der Waals surface area contributed by atoms with Gasteiger partial charge in [-0.1, -0.05) is 0 Å². The van der Waals surface area contributed by atoms with Gasteiger partial charge in [0.2, 0.25) is 0 Å². The van der Waals surface area contributed by atoms with Crippen molar-refractivity contribution in [1.82, 2.24) is 4.90 Å². The van der Waals surface area contributed by atoms with Gasteiger partial charge in [-0.25, -0.2) is 8.42 Å². The van der Waals surface area contributed by atoms with Crippen molar-refractivity contribution in [3.63, 3.8) is 0 Å². The van der Waals surface area contributed by atoms with Gasteiger partial charge >= 0.3 is 0 Å². The highest BCUT2D eigenvalue weighted by Crippen LogP contribution is 1.90. The van der Waals surface area contributed by atoms with Crippen LogP contribution in [0.4, 0.5) is 0 Å². The lowest BCUT2D eigenvalue weighted by Gasteiger charge is -2.18. The summed E-state index contributed by atoms with van der Waals surface area (Å²) >= 11 is 0. The number of likely N-dealkylation sites (N-methyl/N-ethyl adjacent to an activating group) is 1. The average molecular weight is 210 g/mol. The molecule has 0 aromatic carbocycles. The summed E-state index contributed by atoms with van der Waals surface area (Å²) in [6.45, 7) is 1.03. The van der Waals surface area contributed by atoms with Crippen molar-refractivity contribution < 1.29 is 13.5 Å². The van der Waals surface area contributed by atoms with E-state index in [0.717, 1.165) is 0 Å². The van der Waals surface area contributed by atoms with Crippen LogP contribution in [0.5, 0.6) is 0 Å². The number of rotatable bonds is 6. The molecule has 1 unspecified atom stereocenters. The fraction of sp³-hybridized carbons (Fsp3) is 1.00. The van der Waals surface area contributed by atoms with Crippen molar-refractivity contribution in [1.29, 1.82) is 0 Å². The average Bonchev–Trinajstić information content (AvgIpc) is 1.99. The minimum absolute atomic E-state index is 0.112. The van der Waals surface area contributed by atoms with Gasteiger partial charge in [0, 0.05) is 25.9 Å². The Hall–Kier alpha value is -0.170. The molecular weight excluding hydrogens is 192 g/mol. The van der Waals surface area contributed by atoms with Crippen LogP contribution in [0.15, 0.2) is 0 Å². The molecule has 3 N–H and O–H groups in total. The van der Waals surface area contributed by atoms with Crippen molar-refractivity contribution in [3.8, 4) is 0 Å². The third-order valence-corrected chi connectivity index (χ3v) is 2.56. The predicted molar refractivity (Wildman–Crippen MR) is 52.3 cm³/mol. The summed E-state index contributed by atoms with van der Waals surface area (Å²) in [4.78, 5) is 1.75. The van der Waals surface area contributed by atoms with E-state index in [2.05, 4.69) is 0 Å². The van der Waals surface area contributed by atoms with Gasteiger partial charge in [-0.05, 0) is 7.05 Å². The van der Waals surface area contributed by atoms with E-state index in [1.165, 1.54) is 6.26 Å². The van der Waals surface area contributed by atoms with Crippen LogP contribution in [0.2, 0.25) is 0 Å². The number of sulfone groups is 1. The summed E-state index contributed by atoms with van der Waals surface area (Å²) in [6.07, 6.45) is 0.616. The summed E-state index contributed by atoms with van der Waals surface area (Å²) in [6, 6.07) is 0. The lowest BCUT2D eigenvalue weighted by molar-refractivity contribution is 0.135. The number of hydrogen-bond acceptors (Lipinski definition) is 5. The third-order valence-electron chi connectivity index (χ3n) is 1.64. The fourth-order valence-corrected chi connectivity index (χ4v) is 1.49. The Labute approximate surface area is 79.4 Å². The van der Waals surface area contributed by atoms with Crippen LogP contribution in [0.3, 0.4) is 0 Å². The summed E-state index contributed by atoms with van der Waals surface area (Å²) in [7, 11) is -1.16. The van der Waals surface area contributed by atoms with Crippen molar-refractivity contribution in [2.45, 2.75) is 6.10 Å². The van der Waals surface area contributed by atoms with Gasteiger partial charge in [0.1, 0.15) is 9.84 Å². The number of nitrogens with two attached hydrogens (primary N) is 1. The van der Waals surface area contributed by atoms with Crippen LogP contribution in [-0.4, -0.2) is 63.2 Å². The summed E-state index contributed by atoms with van der Waals surface area (Å²) in [5, 5.41) is 9.14. The van der Waals surface area contributed by atoms with Gasteiger partial charge in [0.05, 0.1) is 11.9 Å². The van der Waals surface area contributed by atoms with E-state index >= 15 is 0 Å². The first-order chi connectivity index (χ1) is 5.85. The van der Waals surface area contributed by atoms with Crippen molar-refractivity contribution in [2.24, 2.45) is 5.73 Å². The maximum absolute atomic E-state index is 10.8. The Morgan fingerprint density at radius 2 is 2.08 bits per heavy atom. The second kappa shape index (κ2) is 5.54. The second-order valence-corrected chi connectivity index (χ2v) is 5.54. The fourth-order valence-electron chi connectivity index (χ4n) is 0.847. The normalized spacial score (nSPS) is 14.8. The molecule has 0 fully saturated rings. The van der Waals surface area contributed by atoms with Gasteiger partial charge in [-0.15, -0.1) is 0 Å². The first-order valence-electron chi connectivity index (χ1n) is 4.09. The molecule has 0 radical (unpaired) electrons. The third kappa shape index (κ3) is 8.17. The minimum Gasteiger partial charge on any atom is -0.390 e. The van der Waals surface area contributed by atoms with E-state index in [1.54, 1.807) is 11.9 Å². The molecule has 0 bridgehead atoms. The Morgan fingerprint density at radius 1 is 1.54 bits per heavy atom. The van der Waals surface area contributed by atoms with Crippen LogP contribution in [-0.2, 0) is 9.84 Å². The molecule has 0 saturated carbocycles. The van der Waals surface area contributed by atoms with Crippen LogP contribution in [0.25, 0.3) is 0 Å². The smallest absolute Gasteiger partial charge is 0.148 e. The standard InChI is InChI=1S/C7H18N2O3S/c1-9(6-7(10)5-8)3-4-13(2,11)12/h7,10H,3-6,8H2,1-2H3. The molecule has 0 saturated heterocycles. The van der Waals surface area contributed by atoms with E-state index in [1.807, 2.05) is 0 Å². The molecule has 80 valence electrons. The van der Waals surface area contributed by atoms with E-state index < -0.39 is 15.9 Å². The molecule has 0 spiro atoms. The zero-order valence-corrected chi connectivity index (χ0v) is 8.92. The maximum Gasteiger partial charge on any atom is 0.148 e. The van der Waals surface area contributed by atoms with E-state index in [0.29, 0.717) is 13.1 Å². The lowest BCUT2D eigenvalue weighted by Crippen LogP contribution is -2.36. The molecule has 0 aliphatic heterocycles. The molecule has 1 atom stereocenters. The highest BCUT2D eigenvalue weighted by molar-refractivity contribution is 7.90. The molecule has 6 heteroatoms. The Bertz CT molecular complexity index is 228. The summed E-state index contributed by atoms with van der Waals surface area (Å²) < 4.78 is 21.6. The maximum atomic E-state index is 10.8. The van der Waals surface area contributed by atoms with Crippen LogP contribution in [0, 0.1) is 0 Å². The van der Waals surface area contributed by atoms with Crippen LogP contribution in [0.1, 0.15) is 0 Å². The van der Waals surface area contributed by atoms with Crippen LogP contribution >= 0.6 is 0 Å². The van der Waals surface area contributed by atoms with Gasteiger partial charge in [0.25, 0.3) is 0 Å². The topological polar surface area (TPSA) is 83.6 Å². The molecule has 0 aliphatic carbocycles. The van der Waals surface area contributed by atoms with Gasteiger partial charge in [0.15, 0.2) is 0 Å². The Balaban J connectivity index is 3.69. The molecular formula is C7H18N2O3S. The number of aliphatic hydroxyl groups is 1. The number of nitrogens with zero attached hydrogens (tertiary/aromatic N) is 1. The van der Waals surface area contributed by atoms with Crippen molar-refractivity contribution >= 4 is 9.84 Å². The van der Waals surface area contributed by atoms with Crippen LogP contribution < -0.4 is 5.73 Å². The van der Waals surface area contributed by atoms with Crippen molar-refractivity contribution in [2.75, 3.05) is 38.7 Å². The molecule has 5 nitrogen and oxygen atoms in total. The first-order valence-corrected chi connectivity index (χ1v) is 6.15. The summed E-state index contributed by atoms with van der Waals surface area (Å²) in [5.41, 5.74) is 5.21. The largest absolute Gasteiger partial charge is 0.390 e. The van der Waals surface area contributed by atoms with Gasteiger partial charge in [-0.2, -0.15) is 0 Å². The molecule has 0 heterocycles. The quantitative estimate of drug-likeness (QED) is 0.545. The SMILES string of the molecule is CN(CCS(C)(=O)=O)CC(O)CN. The molecule has 13 heavy (non-hydrogen) atoms. The minimum atomic E-state index is -2.92. The van der Waals surface area contributed by atoms with Crippen molar-refractivity contribution in [3.05, 3.63) is 0 Å². The molecule has 0 aromatic heterocycles. The lowest BCUT2D eigenvalue weighted by atomic mass is 10.3. The first kappa shape index (κ1) is 12.8. The molecule has 0 aromatic rings. The number of hydrogen-bond donors (Lipinski definition) is 2. The highest BCUT2D eigenvalue weighted by Gasteiger charge is 2.08. The summed E-state index contributed by atoms with van der Waals surface area (Å²) in [5.74, 6) is 0.112. The zero-order chi connectivity index (χ0) is 10.5. The predicted octanol–water partition coefficient (Wildman–Crippen LogP) is -1.72. The second-order valence-electron chi connectivity index (χ2n) is 3.28. The Kier molecular flexibility index (Phi) is 5.46. The van der Waals surface area contributed by atoms with E-state index in [9.17, 15) is 8.42 Å². The van der Waals surface area contributed by atoms with Gasteiger partial charge in [-0.3, -0.25) is 0 Å². The molecule has 0 aliphatic rings. The number of aliphatic hydroxyl groups excluding tert-OH is 1. The zero-order valence-electron chi connectivity index (χ0n) is 8.10. The van der Waals surface area contributed by atoms with E-state index in [4.69, 9.17) is 10.8 Å². The van der Waals surface area contributed by atoms with Gasteiger partial charge < -0.3 is 15.7 Å².